The summed E-state index contributed by atoms with van der Waals surface area (Å²) in [5.41, 5.74) is 1.83. The Labute approximate surface area is 217 Å². The Bertz CT molecular complexity index is 1310. The van der Waals surface area contributed by atoms with Gasteiger partial charge in [0.15, 0.2) is 23.1 Å². The number of hydrogen-bond acceptors (Lipinski definition) is 6. The van der Waals surface area contributed by atoms with Gasteiger partial charge in [-0.15, -0.1) is 0 Å². The predicted molar refractivity (Wildman–Crippen MR) is 138 cm³/mol. The number of carbonyl (C=O) groups excluding carboxylic acids is 3. The van der Waals surface area contributed by atoms with Crippen LogP contribution in [0, 0.1) is 10.8 Å². The molecule has 0 fully saturated rings. The van der Waals surface area contributed by atoms with E-state index in [4.69, 9.17) is 14.2 Å². The van der Waals surface area contributed by atoms with Crippen LogP contribution in [0.1, 0.15) is 75.2 Å². The second kappa shape index (κ2) is 9.02. The minimum Gasteiger partial charge on any atom is -0.493 e. The maximum Gasteiger partial charge on any atom is 0.343 e. The summed E-state index contributed by atoms with van der Waals surface area (Å²) in [6, 6.07) is 14.0. The monoisotopic (exact) mass is 500 g/mol. The second-order valence-electron chi connectivity index (χ2n) is 11.8. The fourth-order valence-electron chi connectivity index (χ4n) is 5.69. The number of allylic oxidation sites excluding steroid dienone is 4. The Morgan fingerprint density at radius 2 is 1.38 bits per heavy atom. The molecule has 1 aliphatic heterocycles. The van der Waals surface area contributed by atoms with Gasteiger partial charge in [-0.3, -0.25) is 9.59 Å². The molecule has 0 saturated carbocycles. The van der Waals surface area contributed by atoms with Crippen molar-refractivity contribution in [3.63, 3.8) is 0 Å². The van der Waals surface area contributed by atoms with Crippen molar-refractivity contribution in [3.8, 4) is 11.5 Å². The van der Waals surface area contributed by atoms with Crippen molar-refractivity contribution < 1.29 is 28.6 Å². The third-order valence-electron chi connectivity index (χ3n) is 7.31. The molecule has 6 nitrogen and oxygen atoms in total. The number of ether oxygens (including phenoxy) is 3. The van der Waals surface area contributed by atoms with E-state index in [1.165, 1.54) is 7.11 Å². The van der Waals surface area contributed by atoms with Crippen molar-refractivity contribution >= 4 is 17.5 Å². The van der Waals surface area contributed by atoms with Gasteiger partial charge in [-0.2, -0.15) is 0 Å². The van der Waals surface area contributed by atoms with E-state index in [2.05, 4.69) is 27.7 Å². The fourth-order valence-corrected chi connectivity index (χ4v) is 5.69. The van der Waals surface area contributed by atoms with Crippen LogP contribution in [-0.2, 0) is 14.3 Å². The summed E-state index contributed by atoms with van der Waals surface area (Å²) < 4.78 is 17.6. The lowest BCUT2D eigenvalue weighted by atomic mass is 9.65. The van der Waals surface area contributed by atoms with Gasteiger partial charge in [0.05, 0.1) is 12.7 Å². The summed E-state index contributed by atoms with van der Waals surface area (Å²) in [5.74, 6) is 0.898. The first-order valence-electron chi connectivity index (χ1n) is 12.6. The van der Waals surface area contributed by atoms with Crippen molar-refractivity contribution in [1.29, 1.82) is 0 Å². The molecule has 6 heteroatoms. The van der Waals surface area contributed by atoms with Gasteiger partial charge in [-0.1, -0.05) is 52.0 Å². The van der Waals surface area contributed by atoms with Gasteiger partial charge in [-0.05, 0) is 40.7 Å². The van der Waals surface area contributed by atoms with Crippen LogP contribution >= 0.6 is 0 Å². The lowest BCUT2D eigenvalue weighted by Gasteiger charge is -2.42. The summed E-state index contributed by atoms with van der Waals surface area (Å²) in [6.07, 6.45) is 2.02. The van der Waals surface area contributed by atoms with Crippen LogP contribution in [0.2, 0.25) is 0 Å². The molecule has 0 amide bonds. The quantitative estimate of drug-likeness (QED) is 0.361. The molecule has 2 aromatic rings. The molecule has 2 aromatic carbocycles. The fraction of sp³-hybridized carbons (Fsp3) is 0.387. The zero-order valence-corrected chi connectivity index (χ0v) is 22.0. The summed E-state index contributed by atoms with van der Waals surface area (Å²) >= 11 is 0. The third kappa shape index (κ3) is 4.73. The average molecular weight is 501 g/mol. The zero-order chi connectivity index (χ0) is 26.5. The van der Waals surface area contributed by atoms with Gasteiger partial charge in [0, 0.05) is 42.7 Å². The first kappa shape index (κ1) is 25.0. The van der Waals surface area contributed by atoms with Crippen LogP contribution in [0.4, 0.5) is 0 Å². The number of esters is 1. The van der Waals surface area contributed by atoms with E-state index in [0.717, 1.165) is 5.56 Å². The number of carbonyl (C=O) groups is 3. The van der Waals surface area contributed by atoms with Gasteiger partial charge in [-0.25, -0.2) is 4.79 Å². The van der Waals surface area contributed by atoms with Crippen LogP contribution in [0.5, 0.6) is 11.5 Å². The molecule has 0 bridgehead atoms. The number of hydrogen-bond donors (Lipinski definition) is 0. The number of benzene rings is 2. The molecule has 0 unspecified atom stereocenters. The SMILES string of the molecule is COc1cc(C2C3=C(CC(C)(C)CC3=O)OC3=C2C(=O)CC(C)(C)C3)ccc1OC(=O)c1ccccc1. The minimum atomic E-state index is -0.543. The van der Waals surface area contributed by atoms with Crippen molar-refractivity contribution in [2.75, 3.05) is 7.11 Å². The van der Waals surface area contributed by atoms with Crippen molar-refractivity contribution in [1.82, 2.24) is 0 Å². The van der Waals surface area contributed by atoms with Gasteiger partial charge < -0.3 is 14.2 Å². The first-order chi connectivity index (χ1) is 17.5. The molecule has 192 valence electrons. The highest BCUT2D eigenvalue weighted by Crippen LogP contribution is 2.53. The molecule has 37 heavy (non-hydrogen) atoms. The maximum atomic E-state index is 13.5. The smallest absolute Gasteiger partial charge is 0.343 e. The van der Waals surface area contributed by atoms with Crippen LogP contribution in [0.3, 0.4) is 0 Å². The molecular formula is C31H32O6. The van der Waals surface area contributed by atoms with E-state index in [1.54, 1.807) is 42.5 Å². The standard InChI is InChI=1S/C31H32O6/c1-30(2)14-20(32)27-24(16-30)36-25-17-31(3,4)15-21(33)28(25)26(27)19-11-12-22(23(13-19)35-5)37-29(34)18-9-7-6-8-10-18/h6-13,26H,14-17H2,1-5H3. The zero-order valence-electron chi connectivity index (χ0n) is 22.0. The Kier molecular flexibility index (Phi) is 6.09. The molecule has 5 rings (SSSR count). The van der Waals surface area contributed by atoms with E-state index in [1.807, 2.05) is 6.07 Å². The molecule has 0 saturated heterocycles. The van der Waals surface area contributed by atoms with E-state index in [-0.39, 0.29) is 28.1 Å². The van der Waals surface area contributed by atoms with E-state index in [9.17, 15) is 14.4 Å². The lowest BCUT2D eigenvalue weighted by molar-refractivity contribution is -0.120. The van der Waals surface area contributed by atoms with Crippen LogP contribution in [0.25, 0.3) is 0 Å². The Hall–Kier alpha value is -3.67. The van der Waals surface area contributed by atoms with E-state index < -0.39 is 11.9 Å². The first-order valence-corrected chi connectivity index (χ1v) is 12.6. The van der Waals surface area contributed by atoms with Crippen molar-refractivity contribution in [3.05, 3.63) is 82.3 Å². The van der Waals surface area contributed by atoms with Crippen molar-refractivity contribution in [2.45, 2.75) is 59.3 Å². The second-order valence-corrected chi connectivity index (χ2v) is 11.8. The molecular weight excluding hydrogens is 468 g/mol. The topological polar surface area (TPSA) is 78.9 Å². The van der Waals surface area contributed by atoms with Gasteiger partial charge in [0.1, 0.15) is 11.5 Å². The summed E-state index contributed by atoms with van der Waals surface area (Å²) in [5, 5.41) is 0. The number of Topliss-reactive ketones (excluding diaryl/α,β-unsaturated/α-hetero) is 2. The maximum absolute atomic E-state index is 13.5. The average Bonchev–Trinajstić information content (AvgIpc) is 2.82. The van der Waals surface area contributed by atoms with Crippen LogP contribution in [0.15, 0.2) is 71.2 Å². The van der Waals surface area contributed by atoms with Gasteiger partial charge in [0.2, 0.25) is 0 Å². The minimum absolute atomic E-state index is 0.000942. The highest BCUT2D eigenvalue weighted by atomic mass is 16.6. The number of ketones is 2. The van der Waals surface area contributed by atoms with Gasteiger partial charge >= 0.3 is 5.97 Å². The molecule has 0 spiro atoms. The molecule has 2 aliphatic carbocycles. The summed E-state index contributed by atoms with van der Waals surface area (Å²) in [6.45, 7) is 8.25. The number of methoxy groups -OCH3 is 1. The Morgan fingerprint density at radius 3 is 1.92 bits per heavy atom. The molecule has 0 radical (unpaired) electrons. The summed E-state index contributed by atoms with van der Waals surface area (Å²) in [7, 11) is 1.50. The molecule has 0 aromatic heterocycles. The van der Waals surface area contributed by atoms with Crippen LogP contribution in [-0.4, -0.2) is 24.6 Å². The molecule has 1 heterocycles. The molecule has 0 atom stereocenters. The largest absolute Gasteiger partial charge is 0.493 e. The Balaban J connectivity index is 1.59. The normalized spacial score (nSPS) is 20.7. The van der Waals surface area contributed by atoms with E-state index in [0.29, 0.717) is 59.7 Å². The molecule has 3 aliphatic rings. The number of rotatable bonds is 4. The predicted octanol–water partition coefficient (Wildman–Crippen LogP) is 6.31. The van der Waals surface area contributed by atoms with Crippen LogP contribution < -0.4 is 9.47 Å². The lowest BCUT2D eigenvalue weighted by Crippen LogP contribution is -2.37. The highest BCUT2D eigenvalue weighted by Gasteiger charge is 2.48. The Morgan fingerprint density at radius 1 is 0.811 bits per heavy atom. The highest BCUT2D eigenvalue weighted by molar-refractivity contribution is 6.06. The summed E-state index contributed by atoms with van der Waals surface area (Å²) in [4.78, 5) is 39.6. The van der Waals surface area contributed by atoms with Gasteiger partial charge in [0.25, 0.3) is 0 Å². The van der Waals surface area contributed by atoms with E-state index >= 15 is 0 Å². The third-order valence-corrected chi connectivity index (χ3v) is 7.31. The molecule has 0 N–H and O–H groups in total. The van der Waals surface area contributed by atoms with Crippen molar-refractivity contribution in [2.24, 2.45) is 10.8 Å².